The zero-order valence-corrected chi connectivity index (χ0v) is 24.9. The molecule has 0 aliphatic heterocycles. The van der Waals surface area contributed by atoms with E-state index < -0.39 is 5.54 Å². The van der Waals surface area contributed by atoms with Gasteiger partial charge in [0, 0.05) is 47.6 Å². The summed E-state index contributed by atoms with van der Waals surface area (Å²) < 4.78 is 5.28. The summed E-state index contributed by atoms with van der Waals surface area (Å²) in [5, 5.41) is 4.37. The zero-order chi connectivity index (χ0) is 29.5. The van der Waals surface area contributed by atoms with E-state index >= 15 is 0 Å². The van der Waals surface area contributed by atoms with Crippen molar-refractivity contribution >= 4 is 28.4 Å². The molecule has 2 aliphatic carbocycles. The Morgan fingerprint density at radius 3 is 2.48 bits per heavy atom. The van der Waals surface area contributed by atoms with Gasteiger partial charge in [0.2, 0.25) is 11.8 Å². The molecule has 2 aliphatic rings. The second kappa shape index (κ2) is 10.9. The molecule has 2 fully saturated rings. The van der Waals surface area contributed by atoms with Crippen molar-refractivity contribution in [3.63, 3.8) is 0 Å². The fraction of sp³-hybridized carbons (Fsp3) is 0.400. The molecular weight excluding hydrogens is 524 g/mol. The van der Waals surface area contributed by atoms with E-state index in [9.17, 15) is 9.59 Å². The van der Waals surface area contributed by atoms with Crippen molar-refractivity contribution in [1.82, 2.24) is 14.9 Å². The molecule has 4 aromatic rings. The Morgan fingerprint density at radius 2 is 1.79 bits per heavy atom. The lowest BCUT2D eigenvalue weighted by molar-refractivity contribution is -0.146. The lowest BCUT2D eigenvalue weighted by Crippen LogP contribution is -2.57. The summed E-state index contributed by atoms with van der Waals surface area (Å²) in [4.78, 5) is 38.4. The van der Waals surface area contributed by atoms with E-state index in [0.29, 0.717) is 31.5 Å². The number of carbonyl (C=O) groups excluding carboxylic acids is 2. The molecule has 0 saturated heterocycles. The van der Waals surface area contributed by atoms with Crippen molar-refractivity contribution in [3.8, 4) is 5.75 Å². The molecule has 2 atom stereocenters. The zero-order valence-electron chi connectivity index (χ0n) is 24.9. The van der Waals surface area contributed by atoms with E-state index in [0.717, 1.165) is 29.7 Å². The highest BCUT2D eigenvalue weighted by molar-refractivity contribution is 6.01. The van der Waals surface area contributed by atoms with Crippen molar-refractivity contribution in [2.75, 3.05) is 12.4 Å². The summed E-state index contributed by atoms with van der Waals surface area (Å²) in [6.45, 7) is 7.02. The summed E-state index contributed by atoms with van der Waals surface area (Å²) in [5.41, 5.74) is 4.30. The van der Waals surface area contributed by atoms with Gasteiger partial charge in [0.05, 0.1) is 7.11 Å². The first kappa shape index (κ1) is 28.0. The minimum Gasteiger partial charge on any atom is -0.497 e. The van der Waals surface area contributed by atoms with Crippen LogP contribution in [0.2, 0.25) is 0 Å². The highest BCUT2D eigenvalue weighted by atomic mass is 16.5. The van der Waals surface area contributed by atoms with Gasteiger partial charge in [-0.3, -0.25) is 14.6 Å². The van der Waals surface area contributed by atoms with Gasteiger partial charge in [-0.2, -0.15) is 0 Å². The second-order valence-electron chi connectivity index (χ2n) is 12.6. The van der Waals surface area contributed by atoms with E-state index in [4.69, 9.17) is 4.74 Å². The van der Waals surface area contributed by atoms with Crippen LogP contribution in [0.4, 0.5) is 5.69 Å². The summed E-state index contributed by atoms with van der Waals surface area (Å²) in [6.07, 6.45) is 7.01. The number of fused-ring (bicyclic) bond motifs is 1. The van der Waals surface area contributed by atoms with Gasteiger partial charge in [-0.15, -0.1) is 0 Å². The van der Waals surface area contributed by atoms with E-state index in [2.05, 4.69) is 60.3 Å². The van der Waals surface area contributed by atoms with Gasteiger partial charge in [-0.25, -0.2) is 0 Å². The average molecular weight is 565 g/mol. The van der Waals surface area contributed by atoms with Crippen molar-refractivity contribution in [2.45, 2.75) is 70.9 Å². The number of methoxy groups -OCH3 is 1. The number of benzene rings is 2. The molecule has 2 saturated carbocycles. The highest BCUT2D eigenvalue weighted by Crippen LogP contribution is 2.67. The molecule has 218 valence electrons. The number of ether oxygens (including phenoxy) is 1. The van der Waals surface area contributed by atoms with Crippen LogP contribution in [0.5, 0.6) is 5.75 Å². The van der Waals surface area contributed by atoms with Gasteiger partial charge in [-0.1, -0.05) is 51.0 Å². The molecule has 42 heavy (non-hydrogen) atoms. The van der Waals surface area contributed by atoms with Crippen molar-refractivity contribution in [1.29, 1.82) is 0 Å². The lowest BCUT2D eigenvalue weighted by Gasteiger charge is -2.40. The molecule has 6 rings (SSSR count). The molecule has 2 amide bonds. The van der Waals surface area contributed by atoms with Crippen LogP contribution in [0.3, 0.4) is 0 Å². The maximum atomic E-state index is 14.5. The number of nitrogens with zero attached hydrogens (tertiary/aromatic N) is 2. The fourth-order valence-electron chi connectivity index (χ4n) is 7.35. The maximum absolute atomic E-state index is 14.5. The Balaban J connectivity index is 1.31. The third-order valence-electron chi connectivity index (χ3n) is 9.78. The first-order valence-corrected chi connectivity index (χ1v) is 15.0. The maximum Gasteiger partial charge on any atom is 0.250 e. The molecular formula is C35H40N4O3. The summed E-state index contributed by atoms with van der Waals surface area (Å²) in [6, 6.07) is 19.6. The molecule has 2 aromatic carbocycles. The van der Waals surface area contributed by atoms with Crippen molar-refractivity contribution in [3.05, 3.63) is 89.9 Å². The number of para-hydroxylation sites is 1. The van der Waals surface area contributed by atoms with Crippen LogP contribution in [-0.4, -0.2) is 39.3 Å². The molecule has 0 unspecified atom stereocenters. The van der Waals surface area contributed by atoms with Gasteiger partial charge in [0.1, 0.15) is 11.3 Å². The van der Waals surface area contributed by atoms with Gasteiger partial charge in [0.15, 0.2) is 0 Å². The van der Waals surface area contributed by atoms with Gasteiger partial charge < -0.3 is 19.9 Å². The Morgan fingerprint density at radius 1 is 1.05 bits per heavy atom. The molecule has 0 bridgehead atoms. The minimum absolute atomic E-state index is 0.0282. The highest BCUT2D eigenvalue weighted by Gasteiger charge is 2.60. The number of anilines is 1. The summed E-state index contributed by atoms with van der Waals surface area (Å²) >= 11 is 0. The predicted octanol–water partition coefficient (Wildman–Crippen LogP) is 6.99. The molecule has 7 nitrogen and oxygen atoms in total. The standard InChI is InChI=1S/C35H40N4O3/c1-23-31(27-11-5-6-12-29(27)37-23)32-28(34(32,2)3)20-30(40)39(22-24-10-9-19-36-21-24)35(17-7-8-18-35)33(41)38-25-13-15-26(42-4)16-14-25/h5-6,9-16,19,21,28,32,37H,7-8,17-18,20,22H2,1-4H3,(H,38,41)/t28-,32+/m0/s1. The summed E-state index contributed by atoms with van der Waals surface area (Å²) in [5.74, 6) is 1.09. The normalized spacial score (nSPS) is 20.3. The lowest BCUT2D eigenvalue weighted by atomic mass is 9.91. The van der Waals surface area contributed by atoms with Gasteiger partial charge >= 0.3 is 0 Å². The van der Waals surface area contributed by atoms with Gasteiger partial charge in [-0.05, 0) is 84.5 Å². The average Bonchev–Trinajstić information content (AvgIpc) is 3.35. The first-order chi connectivity index (χ1) is 20.2. The number of hydrogen-bond acceptors (Lipinski definition) is 4. The van der Waals surface area contributed by atoms with Crippen LogP contribution in [0.15, 0.2) is 73.1 Å². The quantitative estimate of drug-likeness (QED) is 0.229. The molecule has 2 N–H and O–H groups in total. The monoisotopic (exact) mass is 564 g/mol. The van der Waals surface area contributed by atoms with Crippen molar-refractivity contribution in [2.24, 2.45) is 11.3 Å². The Bertz CT molecular complexity index is 1590. The van der Waals surface area contributed by atoms with Crippen LogP contribution in [-0.2, 0) is 16.1 Å². The van der Waals surface area contributed by atoms with E-state index in [1.165, 1.54) is 16.6 Å². The van der Waals surface area contributed by atoms with Gasteiger partial charge in [0.25, 0.3) is 0 Å². The number of amides is 2. The van der Waals surface area contributed by atoms with Crippen LogP contribution in [0.1, 0.15) is 68.7 Å². The SMILES string of the molecule is COc1ccc(NC(=O)C2(N(Cc3cccnc3)C(=O)C[C@H]3[C@H](c4c(C)[nH]c5ccccc45)C3(C)C)CCCC2)cc1. The van der Waals surface area contributed by atoms with Crippen LogP contribution in [0, 0.1) is 18.3 Å². The molecule has 0 radical (unpaired) electrons. The molecule has 2 aromatic heterocycles. The van der Waals surface area contributed by atoms with Crippen LogP contribution >= 0.6 is 0 Å². The first-order valence-electron chi connectivity index (χ1n) is 15.0. The number of aromatic amines is 1. The molecule has 7 heteroatoms. The topological polar surface area (TPSA) is 87.3 Å². The number of hydrogen-bond donors (Lipinski definition) is 2. The summed E-state index contributed by atoms with van der Waals surface area (Å²) in [7, 11) is 1.62. The largest absolute Gasteiger partial charge is 0.497 e. The molecule has 0 spiro atoms. The minimum atomic E-state index is -0.919. The third kappa shape index (κ3) is 4.95. The van der Waals surface area contributed by atoms with E-state index in [1.54, 1.807) is 19.5 Å². The number of nitrogens with one attached hydrogen (secondary N) is 2. The number of rotatable bonds is 9. The Labute approximate surface area is 247 Å². The third-order valence-corrected chi connectivity index (χ3v) is 9.78. The van der Waals surface area contributed by atoms with Crippen LogP contribution in [0.25, 0.3) is 10.9 Å². The van der Waals surface area contributed by atoms with E-state index in [1.807, 2.05) is 41.3 Å². The fourth-order valence-corrected chi connectivity index (χ4v) is 7.35. The second-order valence-corrected chi connectivity index (χ2v) is 12.6. The number of aromatic nitrogens is 2. The Hall–Kier alpha value is -4.13. The van der Waals surface area contributed by atoms with Crippen LogP contribution < -0.4 is 10.1 Å². The Kier molecular flexibility index (Phi) is 7.29. The van der Waals surface area contributed by atoms with Crippen molar-refractivity contribution < 1.29 is 14.3 Å². The number of carbonyl (C=O) groups is 2. The number of H-pyrrole nitrogens is 1. The van der Waals surface area contributed by atoms with E-state index in [-0.39, 0.29) is 29.1 Å². The molecule has 2 heterocycles. The number of pyridine rings is 1. The number of aryl methyl sites for hydroxylation is 1. The predicted molar refractivity (Wildman–Crippen MR) is 165 cm³/mol. The smallest absolute Gasteiger partial charge is 0.250 e.